The maximum Gasteiger partial charge on any atom is 0.131 e. The first kappa shape index (κ1) is 39.5. The average Bonchev–Trinajstić information content (AvgIpc) is 2.82. The number of fused-ring (bicyclic) bond motifs is 8. The van der Waals surface area contributed by atoms with Gasteiger partial charge >= 0.3 is 0 Å². The first-order valence-electron chi connectivity index (χ1n) is 12.1. The van der Waals surface area contributed by atoms with Gasteiger partial charge in [-0.2, -0.15) is 0 Å². The van der Waals surface area contributed by atoms with Crippen LogP contribution in [0.1, 0.15) is 11.1 Å². The number of benzene rings is 2. The Labute approximate surface area is 244 Å². The molecule has 3 aliphatic heterocycles. The summed E-state index contributed by atoms with van der Waals surface area (Å²) in [6.07, 6.45) is 0. The normalized spacial score (nSPS) is 19.6. The second kappa shape index (κ2) is 19.5. The van der Waals surface area contributed by atoms with Gasteiger partial charge in [-0.3, -0.25) is 19.6 Å². The average molecular weight is 618 g/mol. The van der Waals surface area contributed by atoms with Gasteiger partial charge in [0.05, 0.1) is 11.9 Å². The van der Waals surface area contributed by atoms with Crippen molar-refractivity contribution in [1.82, 2.24) is 19.6 Å². The summed E-state index contributed by atoms with van der Waals surface area (Å²) in [5, 5.41) is 22.8. The van der Waals surface area contributed by atoms with Crippen molar-refractivity contribution in [3.8, 4) is 11.5 Å². The molecule has 1 radical (unpaired) electrons. The second-order valence-corrected chi connectivity index (χ2v) is 9.17. The Morgan fingerprint density at radius 1 is 0.625 bits per heavy atom. The van der Waals surface area contributed by atoms with Gasteiger partial charge in [-0.25, -0.2) is 0 Å². The number of carbonyl (C=O) groups excluding carboxylic acids is 2. The molecule has 5 rings (SSSR count). The Kier molecular flexibility index (Phi) is 19.2. The number of hydrogen-bond acceptors (Lipinski definition) is 9. The Morgan fingerprint density at radius 2 is 0.950 bits per heavy atom. The summed E-state index contributed by atoms with van der Waals surface area (Å²) >= 11 is 0. The number of carboxylic acid groups (broad SMARTS) is 2. The summed E-state index contributed by atoms with van der Waals surface area (Å²) in [6.45, 7) is 5.80. The number of carbonyl (C=O) groups is 2. The Morgan fingerprint density at radius 3 is 1.27 bits per heavy atom. The van der Waals surface area contributed by atoms with E-state index >= 15 is 0 Å². The van der Waals surface area contributed by atoms with Crippen molar-refractivity contribution in [3.05, 3.63) is 59.7 Å². The summed E-state index contributed by atoms with van der Waals surface area (Å²) < 4.78 is 6.43. The van der Waals surface area contributed by atoms with E-state index in [9.17, 15) is 19.8 Å². The monoisotopic (exact) mass is 617 g/mol. The molecule has 3 heterocycles. The van der Waals surface area contributed by atoms with Gasteiger partial charge in [-0.1, -0.05) is 36.4 Å². The van der Waals surface area contributed by atoms with Crippen molar-refractivity contribution in [2.75, 3.05) is 65.4 Å². The zero-order valence-corrected chi connectivity index (χ0v) is 23.3. The summed E-state index contributed by atoms with van der Waals surface area (Å²) in [6, 6.07) is 15.9. The minimum absolute atomic E-state index is 0. The van der Waals surface area contributed by atoms with Crippen molar-refractivity contribution in [3.63, 3.8) is 0 Å². The predicted octanol–water partition coefficient (Wildman–Crippen LogP) is -4.28. The van der Waals surface area contributed by atoms with Crippen LogP contribution in [-0.4, -0.2) is 108 Å². The largest absolute Gasteiger partial charge is 0.549 e. The molecule has 0 aromatic heterocycles. The van der Waals surface area contributed by atoms with E-state index in [1.165, 1.54) is 0 Å². The molecular weight excluding hydrogens is 576 g/mol. The molecule has 2 aromatic rings. The maximum atomic E-state index is 11.4. The van der Waals surface area contributed by atoms with E-state index in [1.807, 2.05) is 58.3 Å². The number of rotatable bonds is 4. The first-order chi connectivity index (χ1) is 17.0. The van der Waals surface area contributed by atoms with E-state index in [2.05, 4.69) is 9.80 Å². The third kappa shape index (κ3) is 11.9. The van der Waals surface area contributed by atoms with Crippen LogP contribution < -0.4 is 14.9 Å². The van der Waals surface area contributed by atoms with E-state index in [1.54, 1.807) is 0 Å². The Balaban J connectivity index is 0. The van der Waals surface area contributed by atoms with Crippen molar-refractivity contribution in [2.45, 2.75) is 13.1 Å². The van der Waals surface area contributed by atoms with Crippen LogP contribution in [0.2, 0.25) is 0 Å². The van der Waals surface area contributed by atoms with E-state index in [0.717, 1.165) is 22.6 Å². The molecular formula is C26H42CuN4O9. The van der Waals surface area contributed by atoms with Crippen LogP contribution in [0, 0.1) is 0 Å². The molecule has 0 amide bonds. The Bertz CT molecular complexity index is 938. The molecule has 14 heteroatoms. The van der Waals surface area contributed by atoms with Crippen LogP contribution >= 0.6 is 0 Å². The fourth-order valence-corrected chi connectivity index (χ4v) is 4.64. The van der Waals surface area contributed by atoms with Crippen molar-refractivity contribution < 1.29 is 63.5 Å². The van der Waals surface area contributed by atoms with Gasteiger partial charge in [-0.05, 0) is 12.1 Å². The van der Waals surface area contributed by atoms with Crippen LogP contribution in [0.4, 0.5) is 0 Å². The van der Waals surface area contributed by atoms with Gasteiger partial charge in [-0.15, -0.1) is 0 Å². The third-order valence-electron chi connectivity index (χ3n) is 6.59. The molecule has 0 atom stereocenters. The van der Waals surface area contributed by atoms with Gasteiger partial charge in [0, 0.05) is 107 Å². The molecule has 0 aliphatic carbocycles. The summed E-state index contributed by atoms with van der Waals surface area (Å²) in [5.74, 6) is -0.603. The molecule has 231 valence electrons. The van der Waals surface area contributed by atoms with Crippen LogP contribution in [0.25, 0.3) is 0 Å². The van der Waals surface area contributed by atoms with Crippen LogP contribution in [0.3, 0.4) is 0 Å². The van der Waals surface area contributed by atoms with Gasteiger partial charge in [0.25, 0.3) is 0 Å². The number of carboxylic acids is 2. The molecule has 40 heavy (non-hydrogen) atoms. The summed E-state index contributed by atoms with van der Waals surface area (Å²) in [4.78, 5) is 31.1. The molecule has 2 bridgehead atoms. The topological polar surface area (TPSA) is 231 Å². The van der Waals surface area contributed by atoms with Crippen LogP contribution in [0.15, 0.2) is 48.5 Å². The number of nitrogens with zero attached hydrogens (tertiary/aromatic N) is 4. The number of ether oxygens (including phenoxy) is 1. The SMILES string of the molecule is O.O.O=C([O-])CN1CCN2CCN(CC(=O)[O-])CCN(CC1)Cc1ccccc1Oc1ccccc1C2.[Cu].[OH3+].[OH3+]. The fourth-order valence-electron chi connectivity index (χ4n) is 4.64. The standard InChI is InChI=1S/C26H34N4O5.Cu.4H2O/c31-25(32)19-29-13-9-27-10-14-30(20-26(33)34)16-12-28(11-15-29)18-22-6-2-4-8-24(22)35-23-7-3-1-5-21(23)17-27;;;;;/h1-8H,9-20H2,(H,31,32)(H,33,34);;4*1H2. The molecule has 3 aliphatic rings. The minimum Gasteiger partial charge on any atom is -0.549 e. The number of aliphatic carboxylic acids is 2. The predicted molar refractivity (Wildman–Crippen MR) is 143 cm³/mol. The van der Waals surface area contributed by atoms with Gasteiger partial charge in [0.2, 0.25) is 0 Å². The van der Waals surface area contributed by atoms with Crippen LogP contribution in [0.5, 0.6) is 11.5 Å². The molecule has 1 fully saturated rings. The first-order valence-corrected chi connectivity index (χ1v) is 12.1. The van der Waals surface area contributed by atoms with E-state index in [4.69, 9.17) is 4.74 Å². The third-order valence-corrected chi connectivity index (χ3v) is 6.59. The van der Waals surface area contributed by atoms with Crippen molar-refractivity contribution in [1.29, 1.82) is 0 Å². The van der Waals surface area contributed by atoms with Gasteiger partial charge in [0.15, 0.2) is 0 Å². The van der Waals surface area contributed by atoms with Crippen molar-refractivity contribution >= 4 is 11.9 Å². The Hall–Kier alpha value is -2.62. The zero-order valence-electron chi connectivity index (χ0n) is 22.4. The maximum absolute atomic E-state index is 11.4. The molecule has 0 unspecified atom stereocenters. The molecule has 1 saturated heterocycles. The van der Waals surface area contributed by atoms with E-state index in [0.29, 0.717) is 65.4 Å². The molecule has 0 spiro atoms. The molecule has 13 nitrogen and oxygen atoms in total. The van der Waals surface area contributed by atoms with Crippen LogP contribution in [-0.2, 0) is 50.7 Å². The smallest absolute Gasteiger partial charge is 0.131 e. The number of hydrogen-bond donors (Lipinski definition) is 0. The van der Waals surface area contributed by atoms with Gasteiger partial charge < -0.3 is 46.4 Å². The zero-order chi connectivity index (χ0) is 24.6. The van der Waals surface area contributed by atoms with Gasteiger partial charge in [0.1, 0.15) is 11.5 Å². The summed E-state index contributed by atoms with van der Waals surface area (Å²) in [5.41, 5.74) is 2.04. The van der Waals surface area contributed by atoms with E-state index < -0.39 is 11.9 Å². The van der Waals surface area contributed by atoms with Crippen molar-refractivity contribution in [2.24, 2.45) is 0 Å². The minimum atomic E-state index is -1.08. The molecule has 0 saturated carbocycles. The van der Waals surface area contributed by atoms with E-state index in [-0.39, 0.29) is 52.1 Å². The summed E-state index contributed by atoms with van der Waals surface area (Å²) in [7, 11) is 0. The number of para-hydroxylation sites is 2. The molecule has 10 N–H and O–H groups in total. The second-order valence-electron chi connectivity index (χ2n) is 9.17. The fraction of sp³-hybridized carbons (Fsp3) is 0.462. The quantitative estimate of drug-likeness (QED) is 0.238. The molecule has 2 aromatic carbocycles.